The molecule has 0 fully saturated rings. The van der Waals surface area contributed by atoms with Crippen molar-refractivity contribution in [3.63, 3.8) is 0 Å². The van der Waals surface area contributed by atoms with Gasteiger partial charge in [0.05, 0.1) is 22.0 Å². The predicted octanol–water partition coefficient (Wildman–Crippen LogP) is 3.71. The summed E-state index contributed by atoms with van der Waals surface area (Å²) in [7, 11) is 0. The molecule has 2 amide bonds. The van der Waals surface area contributed by atoms with Gasteiger partial charge in [0.2, 0.25) is 17.6 Å². The zero-order valence-corrected chi connectivity index (χ0v) is 17.3. The molecule has 29 heavy (non-hydrogen) atoms. The SMILES string of the molecule is O=C(CNC(=O)c1ccccc1Cl)NCCCCCc1nc(-c2cccs2)no1. The molecule has 7 nitrogen and oxygen atoms in total. The van der Waals surface area contributed by atoms with Crippen molar-refractivity contribution in [1.82, 2.24) is 20.8 Å². The van der Waals surface area contributed by atoms with E-state index in [2.05, 4.69) is 20.8 Å². The van der Waals surface area contributed by atoms with Gasteiger partial charge in [0.1, 0.15) is 0 Å². The number of carbonyl (C=O) groups is 2. The molecule has 0 aliphatic carbocycles. The van der Waals surface area contributed by atoms with Crippen molar-refractivity contribution in [3.05, 3.63) is 58.3 Å². The van der Waals surface area contributed by atoms with Crippen molar-refractivity contribution in [3.8, 4) is 10.7 Å². The average Bonchev–Trinajstić information content (AvgIpc) is 3.41. The maximum absolute atomic E-state index is 12.0. The molecule has 0 bridgehead atoms. The van der Waals surface area contributed by atoms with Crippen molar-refractivity contribution in [2.45, 2.75) is 25.7 Å². The lowest BCUT2D eigenvalue weighted by Gasteiger charge is -2.07. The Morgan fingerprint density at radius 3 is 2.72 bits per heavy atom. The molecule has 2 aromatic heterocycles. The number of nitrogens with zero attached hydrogens (tertiary/aromatic N) is 2. The van der Waals surface area contributed by atoms with Gasteiger partial charge in [-0.2, -0.15) is 4.98 Å². The van der Waals surface area contributed by atoms with Crippen LogP contribution in [-0.4, -0.2) is 35.0 Å². The highest BCUT2D eigenvalue weighted by molar-refractivity contribution is 7.13. The monoisotopic (exact) mass is 432 g/mol. The third kappa shape index (κ3) is 6.40. The van der Waals surface area contributed by atoms with Crippen molar-refractivity contribution < 1.29 is 14.1 Å². The molecule has 0 unspecified atom stereocenters. The molecular formula is C20H21ClN4O3S. The Hall–Kier alpha value is -2.71. The Labute approximate surface area is 177 Å². The third-order valence-electron chi connectivity index (χ3n) is 4.13. The fourth-order valence-electron chi connectivity index (χ4n) is 2.63. The van der Waals surface area contributed by atoms with Gasteiger partial charge in [-0.05, 0) is 36.4 Å². The molecule has 9 heteroatoms. The number of hydrogen-bond donors (Lipinski definition) is 2. The Balaban J connectivity index is 1.26. The number of thiophene rings is 1. The van der Waals surface area contributed by atoms with Crippen molar-refractivity contribution in [1.29, 1.82) is 0 Å². The summed E-state index contributed by atoms with van der Waals surface area (Å²) in [5, 5.41) is 11.7. The molecule has 0 atom stereocenters. The van der Waals surface area contributed by atoms with Crippen LogP contribution in [0, 0.1) is 0 Å². The number of unbranched alkanes of at least 4 members (excludes halogenated alkanes) is 2. The van der Waals surface area contributed by atoms with Crippen LogP contribution in [0.15, 0.2) is 46.3 Å². The fourth-order valence-corrected chi connectivity index (χ4v) is 3.50. The fraction of sp³-hybridized carbons (Fsp3) is 0.300. The normalized spacial score (nSPS) is 10.7. The number of aryl methyl sites for hydroxylation is 1. The van der Waals surface area contributed by atoms with Gasteiger partial charge in [0, 0.05) is 13.0 Å². The van der Waals surface area contributed by atoms with Gasteiger partial charge in [0.15, 0.2) is 0 Å². The van der Waals surface area contributed by atoms with Crippen LogP contribution in [0.4, 0.5) is 0 Å². The van der Waals surface area contributed by atoms with Gasteiger partial charge in [0.25, 0.3) is 5.91 Å². The van der Waals surface area contributed by atoms with E-state index in [1.807, 2.05) is 17.5 Å². The minimum Gasteiger partial charge on any atom is -0.355 e. The van der Waals surface area contributed by atoms with Crippen molar-refractivity contribution in [2.24, 2.45) is 0 Å². The number of hydrogen-bond acceptors (Lipinski definition) is 6. The molecule has 1 aromatic carbocycles. The molecule has 0 radical (unpaired) electrons. The Morgan fingerprint density at radius 1 is 1.07 bits per heavy atom. The van der Waals surface area contributed by atoms with E-state index in [1.165, 1.54) is 0 Å². The number of benzene rings is 1. The van der Waals surface area contributed by atoms with E-state index in [0.717, 1.165) is 24.1 Å². The number of rotatable bonds is 10. The standard InChI is InChI=1S/C20H21ClN4O3S/c21-15-8-4-3-7-14(15)20(27)23-13-17(26)22-11-5-1-2-10-18-24-19(25-28-18)16-9-6-12-29-16/h3-4,6-9,12H,1-2,5,10-11,13H2,(H,22,26)(H,23,27). The zero-order valence-electron chi connectivity index (χ0n) is 15.7. The van der Waals surface area contributed by atoms with E-state index in [0.29, 0.717) is 35.3 Å². The summed E-state index contributed by atoms with van der Waals surface area (Å²) >= 11 is 7.54. The lowest BCUT2D eigenvalue weighted by atomic mass is 10.2. The van der Waals surface area contributed by atoms with Crippen LogP contribution < -0.4 is 10.6 Å². The molecule has 3 aromatic rings. The molecule has 0 spiro atoms. The Morgan fingerprint density at radius 2 is 1.93 bits per heavy atom. The topological polar surface area (TPSA) is 97.1 Å². The van der Waals surface area contributed by atoms with E-state index in [9.17, 15) is 9.59 Å². The van der Waals surface area contributed by atoms with Crippen LogP contribution in [0.3, 0.4) is 0 Å². The average molecular weight is 433 g/mol. The first-order chi connectivity index (χ1) is 14.1. The minimum atomic E-state index is -0.368. The van der Waals surface area contributed by atoms with Crippen LogP contribution in [-0.2, 0) is 11.2 Å². The summed E-state index contributed by atoms with van der Waals surface area (Å²) in [6.07, 6.45) is 3.35. The first-order valence-corrected chi connectivity index (χ1v) is 10.5. The second-order valence-electron chi connectivity index (χ2n) is 6.31. The molecule has 0 aliphatic heterocycles. The number of halogens is 1. The van der Waals surface area contributed by atoms with Crippen LogP contribution in [0.5, 0.6) is 0 Å². The van der Waals surface area contributed by atoms with Gasteiger partial charge in [-0.15, -0.1) is 11.3 Å². The van der Waals surface area contributed by atoms with E-state index >= 15 is 0 Å². The smallest absolute Gasteiger partial charge is 0.253 e. The summed E-state index contributed by atoms with van der Waals surface area (Å²) in [4.78, 5) is 29.2. The maximum Gasteiger partial charge on any atom is 0.253 e. The highest BCUT2D eigenvalue weighted by Crippen LogP contribution is 2.21. The first kappa shape index (κ1) is 21.0. The van der Waals surface area contributed by atoms with Gasteiger partial charge in [-0.3, -0.25) is 9.59 Å². The second kappa shape index (κ2) is 10.7. The number of carbonyl (C=O) groups excluding carboxylic acids is 2. The predicted molar refractivity (Wildman–Crippen MR) is 112 cm³/mol. The van der Waals surface area contributed by atoms with Crippen LogP contribution in [0.2, 0.25) is 5.02 Å². The number of aromatic nitrogens is 2. The van der Waals surface area contributed by atoms with E-state index in [4.69, 9.17) is 16.1 Å². The summed E-state index contributed by atoms with van der Waals surface area (Å²) in [6, 6.07) is 10.6. The van der Waals surface area contributed by atoms with E-state index in [-0.39, 0.29) is 18.4 Å². The Kier molecular flexibility index (Phi) is 7.77. The van der Waals surface area contributed by atoms with Crippen LogP contribution in [0.25, 0.3) is 10.7 Å². The lowest BCUT2D eigenvalue weighted by Crippen LogP contribution is -2.37. The van der Waals surface area contributed by atoms with Crippen LogP contribution >= 0.6 is 22.9 Å². The zero-order chi connectivity index (χ0) is 20.5. The molecular weight excluding hydrogens is 412 g/mol. The summed E-state index contributed by atoms with van der Waals surface area (Å²) in [5.74, 6) is 0.649. The van der Waals surface area contributed by atoms with Gasteiger partial charge in [-0.1, -0.05) is 41.4 Å². The number of nitrogens with one attached hydrogen (secondary N) is 2. The molecule has 0 aliphatic rings. The minimum absolute atomic E-state index is 0.0858. The quantitative estimate of drug-likeness (QED) is 0.476. The van der Waals surface area contributed by atoms with E-state index < -0.39 is 0 Å². The van der Waals surface area contributed by atoms with Gasteiger partial charge < -0.3 is 15.2 Å². The highest BCUT2D eigenvalue weighted by atomic mass is 35.5. The van der Waals surface area contributed by atoms with Crippen molar-refractivity contribution >= 4 is 34.8 Å². The summed E-state index contributed by atoms with van der Waals surface area (Å²) in [5.41, 5.74) is 0.352. The van der Waals surface area contributed by atoms with Crippen molar-refractivity contribution in [2.75, 3.05) is 13.1 Å². The molecule has 3 rings (SSSR count). The summed E-state index contributed by atoms with van der Waals surface area (Å²) < 4.78 is 5.26. The van der Waals surface area contributed by atoms with Gasteiger partial charge >= 0.3 is 0 Å². The second-order valence-corrected chi connectivity index (χ2v) is 7.67. The van der Waals surface area contributed by atoms with Gasteiger partial charge in [-0.25, -0.2) is 0 Å². The molecule has 152 valence electrons. The highest BCUT2D eigenvalue weighted by Gasteiger charge is 2.11. The molecule has 0 saturated heterocycles. The number of amides is 2. The maximum atomic E-state index is 12.0. The largest absolute Gasteiger partial charge is 0.355 e. The summed E-state index contributed by atoms with van der Waals surface area (Å²) in [6.45, 7) is 0.461. The molecule has 2 heterocycles. The van der Waals surface area contributed by atoms with E-state index in [1.54, 1.807) is 35.6 Å². The lowest BCUT2D eigenvalue weighted by molar-refractivity contribution is -0.120. The molecule has 2 N–H and O–H groups in total. The Bertz CT molecular complexity index is 943. The van der Waals surface area contributed by atoms with Crippen LogP contribution in [0.1, 0.15) is 35.5 Å². The third-order valence-corrected chi connectivity index (χ3v) is 5.32. The first-order valence-electron chi connectivity index (χ1n) is 9.29. The molecule has 0 saturated carbocycles.